The van der Waals surface area contributed by atoms with Gasteiger partial charge in [-0.25, -0.2) is 9.97 Å². The third kappa shape index (κ3) is 3.49. The first kappa shape index (κ1) is 19.9. The molecule has 0 unspecified atom stereocenters. The van der Waals surface area contributed by atoms with Crippen molar-refractivity contribution in [3.63, 3.8) is 0 Å². The molecule has 0 radical (unpaired) electrons. The molecule has 6 aromatic heterocycles. The maximum atomic E-state index is 4.17. The number of nitrogens with zero attached hydrogens (tertiary/aromatic N) is 4. The summed E-state index contributed by atoms with van der Waals surface area (Å²) in [5, 5.41) is 2.40. The molecule has 6 aromatic rings. The fraction of sp³-hybridized carbons (Fsp3) is 0.0833. The first-order valence-corrected chi connectivity index (χ1v) is 13.3. The summed E-state index contributed by atoms with van der Waals surface area (Å²) >= 11 is 7.36. The molecule has 0 amide bonds. The zero-order valence-corrected chi connectivity index (χ0v) is 20.6. The smallest absolute Gasteiger partial charge is 0.101 e. The molecule has 0 bridgehead atoms. The molecule has 6 rings (SSSR count). The summed E-state index contributed by atoms with van der Waals surface area (Å²) in [6.45, 7) is 4.37. The number of rotatable bonds is 5. The second-order valence-corrected chi connectivity index (χ2v) is 11.7. The van der Waals surface area contributed by atoms with E-state index in [0.717, 1.165) is 0 Å². The molecule has 32 heavy (non-hydrogen) atoms. The summed E-state index contributed by atoms with van der Waals surface area (Å²) in [5.74, 6) is 0. The Bertz CT molecular complexity index is 1380. The first-order chi connectivity index (χ1) is 15.7. The topological polar surface area (TPSA) is 35.6 Å². The summed E-state index contributed by atoms with van der Waals surface area (Å²) in [7, 11) is 0. The van der Waals surface area contributed by atoms with Crippen LogP contribution in [0.3, 0.4) is 0 Å². The third-order valence-corrected chi connectivity index (χ3v) is 10.5. The Morgan fingerprint density at radius 1 is 0.594 bits per heavy atom. The molecule has 0 fully saturated rings. The van der Waals surface area contributed by atoms with Gasteiger partial charge in [0, 0.05) is 54.1 Å². The number of hydrogen-bond donors (Lipinski definition) is 0. The molecule has 0 saturated carbocycles. The summed E-state index contributed by atoms with van der Waals surface area (Å²) < 4.78 is 4.14. The fourth-order valence-electron chi connectivity index (χ4n) is 3.64. The van der Waals surface area contributed by atoms with Crippen LogP contribution >= 0.6 is 45.3 Å². The van der Waals surface area contributed by atoms with E-state index in [4.69, 9.17) is 0 Å². The van der Waals surface area contributed by atoms with Crippen LogP contribution < -0.4 is 0 Å². The van der Waals surface area contributed by atoms with Gasteiger partial charge in [-0.15, -0.1) is 45.3 Å². The van der Waals surface area contributed by atoms with Crippen molar-refractivity contribution >= 4 is 45.3 Å². The highest BCUT2D eigenvalue weighted by molar-refractivity contribution is 7.29. The molecule has 0 aliphatic rings. The van der Waals surface area contributed by atoms with E-state index in [0.29, 0.717) is 0 Å². The van der Waals surface area contributed by atoms with Crippen molar-refractivity contribution in [2.24, 2.45) is 0 Å². The Morgan fingerprint density at radius 2 is 1.03 bits per heavy atom. The van der Waals surface area contributed by atoms with Crippen molar-refractivity contribution in [3.8, 4) is 39.3 Å². The molecule has 158 valence electrons. The van der Waals surface area contributed by atoms with Crippen LogP contribution in [0.25, 0.3) is 39.3 Å². The lowest BCUT2D eigenvalue weighted by atomic mass is 10.2. The molecule has 0 N–H and O–H groups in total. The van der Waals surface area contributed by atoms with Gasteiger partial charge in [-0.3, -0.25) is 9.13 Å². The largest absolute Gasteiger partial charge is 0.298 e. The maximum Gasteiger partial charge on any atom is 0.101 e. The van der Waals surface area contributed by atoms with Gasteiger partial charge in [0.1, 0.15) is 10.0 Å². The molecule has 0 aliphatic carbocycles. The number of hydrogen-bond acceptors (Lipinski definition) is 6. The Hall–Kier alpha value is -2.78. The molecular weight excluding hydrogens is 473 g/mol. The maximum absolute atomic E-state index is 4.17. The minimum atomic E-state index is 1.20. The average molecular weight is 491 g/mol. The van der Waals surface area contributed by atoms with E-state index in [1.807, 2.05) is 82.8 Å². The van der Waals surface area contributed by atoms with Crippen LogP contribution in [-0.4, -0.2) is 19.1 Å². The normalized spacial score (nSPS) is 11.4. The summed E-state index contributed by atoms with van der Waals surface area (Å²) in [6, 6.07) is 13.5. The van der Waals surface area contributed by atoms with Crippen molar-refractivity contribution in [1.29, 1.82) is 0 Å². The SMILES string of the molecule is Cc1cc(-n2ccnc2)sc1-c1ccc(-c2ccc(-c3sc(-n4ccnc4)cc3C)s2)s1. The molecule has 0 aliphatic heterocycles. The Balaban J connectivity index is 1.30. The second-order valence-electron chi connectivity index (χ2n) is 7.46. The van der Waals surface area contributed by atoms with Crippen LogP contribution in [0.1, 0.15) is 11.1 Å². The monoisotopic (exact) mass is 490 g/mol. The van der Waals surface area contributed by atoms with Crippen LogP contribution in [0.15, 0.2) is 73.8 Å². The van der Waals surface area contributed by atoms with Gasteiger partial charge < -0.3 is 0 Å². The zero-order chi connectivity index (χ0) is 21.7. The highest BCUT2D eigenvalue weighted by Gasteiger charge is 2.15. The number of imidazole rings is 2. The zero-order valence-electron chi connectivity index (χ0n) is 17.4. The lowest BCUT2D eigenvalue weighted by Crippen LogP contribution is -1.82. The fourth-order valence-corrected chi connectivity index (χ4v) is 8.34. The Labute approximate surface area is 201 Å². The van der Waals surface area contributed by atoms with Gasteiger partial charge >= 0.3 is 0 Å². The lowest BCUT2D eigenvalue weighted by molar-refractivity contribution is 1.08. The minimum absolute atomic E-state index is 1.20. The van der Waals surface area contributed by atoms with Crippen LogP contribution in [0.4, 0.5) is 0 Å². The number of aryl methyl sites for hydroxylation is 2. The predicted octanol–water partition coefficient (Wildman–Crippen LogP) is 7.92. The van der Waals surface area contributed by atoms with Crippen molar-refractivity contribution in [1.82, 2.24) is 19.1 Å². The highest BCUT2D eigenvalue weighted by Crippen LogP contribution is 2.45. The van der Waals surface area contributed by atoms with Crippen LogP contribution in [0, 0.1) is 13.8 Å². The first-order valence-electron chi connectivity index (χ1n) is 10.0. The summed E-state index contributed by atoms with van der Waals surface area (Å²) in [5.41, 5.74) is 2.61. The van der Waals surface area contributed by atoms with Gasteiger partial charge in [0.05, 0.1) is 12.7 Å². The lowest BCUT2D eigenvalue weighted by Gasteiger charge is -1.96. The van der Waals surface area contributed by atoms with Gasteiger partial charge in [-0.1, -0.05) is 0 Å². The van der Waals surface area contributed by atoms with Crippen molar-refractivity contribution in [3.05, 3.63) is 85.0 Å². The summed E-state index contributed by atoms with van der Waals surface area (Å²) in [4.78, 5) is 16.3. The molecule has 0 saturated heterocycles. The van der Waals surface area contributed by atoms with Gasteiger partial charge in [-0.05, 0) is 61.4 Å². The molecule has 0 spiro atoms. The van der Waals surface area contributed by atoms with E-state index < -0.39 is 0 Å². The molecule has 8 heteroatoms. The van der Waals surface area contributed by atoms with Gasteiger partial charge in [-0.2, -0.15) is 0 Å². The van der Waals surface area contributed by atoms with E-state index in [2.05, 4.69) is 69.3 Å². The molecular formula is C24H18N4S4. The van der Waals surface area contributed by atoms with Crippen molar-refractivity contribution < 1.29 is 0 Å². The van der Waals surface area contributed by atoms with E-state index >= 15 is 0 Å². The van der Waals surface area contributed by atoms with Gasteiger partial charge in [0.15, 0.2) is 0 Å². The van der Waals surface area contributed by atoms with Crippen molar-refractivity contribution in [2.45, 2.75) is 13.8 Å². The second kappa shape index (κ2) is 7.97. The van der Waals surface area contributed by atoms with E-state index in [1.165, 1.54) is 50.4 Å². The van der Waals surface area contributed by atoms with Crippen molar-refractivity contribution in [2.75, 3.05) is 0 Å². The van der Waals surface area contributed by atoms with Gasteiger partial charge in [0.25, 0.3) is 0 Å². The van der Waals surface area contributed by atoms with Gasteiger partial charge in [0.2, 0.25) is 0 Å². The molecule has 6 heterocycles. The molecule has 4 nitrogen and oxygen atoms in total. The standard InChI is InChI=1S/C24H18N4S4/c1-15-11-21(27-9-7-25-13-27)31-23(15)19-5-3-17(29-19)18-4-6-20(30-18)24-16(2)12-22(32-24)28-10-8-26-14-28/h3-14H,1-2H3. The van der Waals surface area contributed by atoms with Crippen LogP contribution in [0.2, 0.25) is 0 Å². The summed E-state index contributed by atoms with van der Waals surface area (Å²) in [6.07, 6.45) is 11.3. The minimum Gasteiger partial charge on any atom is -0.298 e. The Kier molecular flexibility index (Phi) is 4.95. The predicted molar refractivity (Wildman–Crippen MR) is 138 cm³/mol. The third-order valence-electron chi connectivity index (χ3n) is 5.23. The number of aromatic nitrogens is 4. The van der Waals surface area contributed by atoms with E-state index in [9.17, 15) is 0 Å². The quantitative estimate of drug-likeness (QED) is 0.246. The van der Waals surface area contributed by atoms with E-state index in [-0.39, 0.29) is 0 Å². The highest BCUT2D eigenvalue weighted by atomic mass is 32.1. The number of thiophene rings is 4. The molecule has 0 atom stereocenters. The van der Waals surface area contributed by atoms with Crippen LogP contribution in [-0.2, 0) is 0 Å². The average Bonchev–Trinajstić information content (AvgIpc) is 3.61. The Morgan fingerprint density at radius 3 is 1.44 bits per heavy atom. The van der Waals surface area contributed by atoms with E-state index in [1.54, 1.807) is 0 Å². The van der Waals surface area contributed by atoms with Crippen LogP contribution in [0.5, 0.6) is 0 Å². The molecule has 0 aromatic carbocycles.